The van der Waals surface area contributed by atoms with E-state index in [4.69, 9.17) is 9.47 Å². The lowest BCUT2D eigenvalue weighted by molar-refractivity contribution is 0.172. The molecular weight excluding hydrogens is 384 g/mol. The molecule has 2 aromatic carbocycles. The van der Waals surface area contributed by atoms with Gasteiger partial charge in [-0.15, -0.1) is 24.2 Å². The maximum absolute atomic E-state index is 11.6. The van der Waals surface area contributed by atoms with Crippen molar-refractivity contribution in [3.05, 3.63) is 54.1 Å². The molecule has 0 aliphatic heterocycles. The first-order valence-electron chi connectivity index (χ1n) is 8.46. The number of nitrogens with one attached hydrogen (secondary N) is 1. The molecule has 0 unspecified atom stereocenters. The average Bonchev–Trinajstić information content (AvgIpc) is 2.66. The van der Waals surface area contributed by atoms with Gasteiger partial charge in [0.05, 0.1) is 6.61 Å². The number of thioether (sulfide) groups is 1. The second-order valence-corrected chi connectivity index (χ2v) is 6.87. The van der Waals surface area contributed by atoms with Crippen molar-refractivity contribution in [3.63, 3.8) is 0 Å². The van der Waals surface area contributed by atoms with Crippen molar-refractivity contribution in [2.45, 2.75) is 17.4 Å². The first-order valence-corrected chi connectivity index (χ1v) is 9.69. The number of ether oxygens (including phenoxy) is 2. The van der Waals surface area contributed by atoms with Gasteiger partial charge in [-0.05, 0) is 55.3 Å². The smallest absolute Gasteiger partial charge is 0.414 e. The van der Waals surface area contributed by atoms with Crippen molar-refractivity contribution in [2.75, 3.05) is 34.0 Å². The summed E-state index contributed by atoms with van der Waals surface area (Å²) in [6.45, 7) is 0.613. The number of benzene rings is 2. The van der Waals surface area contributed by atoms with Crippen LogP contribution in [0.2, 0.25) is 0 Å². The Morgan fingerprint density at radius 2 is 1.67 bits per heavy atom. The lowest BCUT2D eigenvalue weighted by Crippen LogP contribution is -2.25. The molecule has 2 rings (SSSR count). The highest BCUT2D eigenvalue weighted by molar-refractivity contribution is 7.98. The molecular formula is C20H27ClN2O3S. The van der Waals surface area contributed by atoms with Crippen LogP contribution in [0.4, 0.5) is 4.79 Å². The maximum Gasteiger partial charge on any atom is 0.414 e. The van der Waals surface area contributed by atoms with Gasteiger partial charge in [0.15, 0.2) is 0 Å². The van der Waals surface area contributed by atoms with E-state index in [9.17, 15) is 4.79 Å². The Balaban J connectivity index is 0.00000364. The molecule has 27 heavy (non-hydrogen) atoms. The third-order valence-corrected chi connectivity index (χ3v) is 4.68. The van der Waals surface area contributed by atoms with Gasteiger partial charge in [-0.1, -0.05) is 12.1 Å². The first kappa shape index (κ1) is 23.1. The fourth-order valence-corrected chi connectivity index (χ4v) is 2.81. The number of halogens is 1. The number of carbonyl (C=O) groups is 1. The molecule has 2 aromatic rings. The van der Waals surface area contributed by atoms with Gasteiger partial charge in [0.1, 0.15) is 11.5 Å². The maximum atomic E-state index is 11.6. The molecule has 1 amide bonds. The zero-order valence-electron chi connectivity index (χ0n) is 16.1. The molecule has 0 aromatic heterocycles. The van der Waals surface area contributed by atoms with Gasteiger partial charge in [0.25, 0.3) is 0 Å². The van der Waals surface area contributed by atoms with Crippen LogP contribution < -0.4 is 14.8 Å². The van der Waals surface area contributed by atoms with Gasteiger partial charge in [-0.25, -0.2) is 4.79 Å². The van der Waals surface area contributed by atoms with Crippen LogP contribution in [0.25, 0.3) is 0 Å². The number of hydrogen-bond acceptors (Lipinski definition) is 5. The minimum atomic E-state index is -0.385. The van der Waals surface area contributed by atoms with Crippen LogP contribution in [-0.4, -0.2) is 45.0 Å². The van der Waals surface area contributed by atoms with Crippen LogP contribution in [-0.2, 0) is 0 Å². The molecule has 0 aliphatic rings. The number of nitrogens with zero attached hydrogens (tertiary/aromatic N) is 1. The third-order valence-electron chi connectivity index (χ3n) is 3.94. The van der Waals surface area contributed by atoms with E-state index in [-0.39, 0.29) is 24.5 Å². The van der Waals surface area contributed by atoms with Gasteiger partial charge in [-0.2, -0.15) is 0 Å². The van der Waals surface area contributed by atoms with E-state index in [1.807, 2.05) is 43.4 Å². The van der Waals surface area contributed by atoms with Crippen molar-refractivity contribution in [1.29, 1.82) is 0 Å². The normalized spacial score (nSPS) is 11.3. The summed E-state index contributed by atoms with van der Waals surface area (Å²) in [4.78, 5) is 14.2. The number of carbonyl (C=O) groups excluding carboxylic acids is 1. The molecule has 0 saturated carbocycles. The number of amides is 1. The summed E-state index contributed by atoms with van der Waals surface area (Å²) in [7, 11) is 5.24. The lowest BCUT2D eigenvalue weighted by Gasteiger charge is -2.18. The quantitative estimate of drug-likeness (QED) is 0.643. The highest BCUT2D eigenvalue weighted by Crippen LogP contribution is 2.22. The summed E-state index contributed by atoms with van der Waals surface area (Å²) < 4.78 is 11.1. The summed E-state index contributed by atoms with van der Waals surface area (Å²) in [6.07, 6.45) is 2.50. The van der Waals surface area contributed by atoms with E-state index in [1.54, 1.807) is 25.9 Å². The summed E-state index contributed by atoms with van der Waals surface area (Å²) in [5, 5.41) is 3.30. The summed E-state index contributed by atoms with van der Waals surface area (Å²) in [5.41, 5.74) is 1.12. The van der Waals surface area contributed by atoms with E-state index in [1.165, 1.54) is 9.80 Å². The first-order chi connectivity index (χ1) is 12.5. The molecule has 0 bridgehead atoms. The Bertz CT molecular complexity index is 693. The standard InChI is InChI=1S/C20H26N2O3S.ClH/c1-21-19(13-14-24-16-9-11-18(26-4)12-10-16)15-5-7-17(8-6-15)25-20(23)22(2)3;/h5-12,19,21H,13-14H2,1-4H3;1H/t19-;/m0./s1. The number of rotatable bonds is 8. The Labute approximate surface area is 171 Å². The fraction of sp³-hybridized carbons (Fsp3) is 0.350. The van der Waals surface area contributed by atoms with E-state index in [0.29, 0.717) is 12.4 Å². The molecule has 0 saturated heterocycles. The molecule has 5 nitrogen and oxygen atoms in total. The van der Waals surface area contributed by atoms with Crippen LogP contribution in [0.15, 0.2) is 53.4 Å². The largest absolute Gasteiger partial charge is 0.494 e. The van der Waals surface area contributed by atoms with Crippen LogP contribution in [0.5, 0.6) is 11.5 Å². The molecule has 1 atom stereocenters. The predicted molar refractivity (Wildman–Crippen MR) is 114 cm³/mol. The Morgan fingerprint density at radius 3 is 2.19 bits per heavy atom. The summed E-state index contributed by atoms with van der Waals surface area (Å²) in [5.74, 6) is 1.41. The Hall–Kier alpha value is -1.89. The van der Waals surface area contributed by atoms with Gasteiger partial charge >= 0.3 is 6.09 Å². The highest BCUT2D eigenvalue weighted by atomic mass is 35.5. The molecule has 0 aliphatic carbocycles. The second kappa shape index (κ2) is 11.7. The Kier molecular flexibility index (Phi) is 10.1. The topological polar surface area (TPSA) is 50.8 Å². The van der Waals surface area contributed by atoms with Gasteiger partial charge in [0.2, 0.25) is 0 Å². The van der Waals surface area contributed by atoms with Crippen molar-refractivity contribution in [1.82, 2.24) is 10.2 Å². The minimum Gasteiger partial charge on any atom is -0.494 e. The SMILES string of the molecule is CN[C@@H](CCOc1ccc(SC)cc1)c1ccc(OC(=O)N(C)C)cc1.Cl. The van der Waals surface area contributed by atoms with Crippen molar-refractivity contribution in [2.24, 2.45) is 0 Å². The Morgan fingerprint density at radius 1 is 1.07 bits per heavy atom. The zero-order chi connectivity index (χ0) is 18.9. The second-order valence-electron chi connectivity index (χ2n) is 5.99. The van der Waals surface area contributed by atoms with Crippen LogP contribution >= 0.6 is 24.2 Å². The van der Waals surface area contributed by atoms with E-state index in [0.717, 1.165) is 17.7 Å². The van der Waals surface area contributed by atoms with E-state index >= 15 is 0 Å². The molecule has 148 valence electrons. The fourth-order valence-electron chi connectivity index (χ4n) is 2.40. The van der Waals surface area contributed by atoms with Crippen LogP contribution in [0.1, 0.15) is 18.0 Å². The summed E-state index contributed by atoms with van der Waals surface area (Å²) in [6, 6.07) is 15.8. The molecule has 0 heterocycles. The molecule has 7 heteroatoms. The van der Waals surface area contributed by atoms with Crippen molar-refractivity contribution >= 4 is 30.3 Å². The molecule has 0 radical (unpaired) electrons. The lowest BCUT2D eigenvalue weighted by atomic mass is 10.0. The van der Waals surface area contributed by atoms with Gasteiger partial charge in [0, 0.05) is 31.5 Å². The molecule has 1 N–H and O–H groups in total. The highest BCUT2D eigenvalue weighted by Gasteiger charge is 2.11. The predicted octanol–water partition coefficient (Wildman–Crippen LogP) is 4.62. The van der Waals surface area contributed by atoms with Crippen molar-refractivity contribution in [3.8, 4) is 11.5 Å². The van der Waals surface area contributed by atoms with E-state index in [2.05, 4.69) is 23.7 Å². The summed E-state index contributed by atoms with van der Waals surface area (Å²) >= 11 is 1.71. The van der Waals surface area contributed by atoms with E-state index < -0.39 is 0 Å². The zero-order valence-corrected chi connectivity index (χ0v) is 17.7. The number of hydrogen-bond donors (Lipinski definition) is 1. The molecule has 0 spiro atoms. The minimum absolute atomic E-state index is 0. The monoisotopic (exact) mass is 410 g/mol. The molecule has 0 fully saturated rings. The third kappa shape index (κ3) is 7.33. The van der Waals surface area contributed by atoms with Crippen molar-refractivity contribution < 1.29 is 14.3 Å². The van der Waals surface area contributed by atoms with Gasteiger partial charge in [-0.3, -0.25) is 0 Å². The van der Waals surface area contributed by atoms with Crippen LogP contribution in [0.3, 0.4) is 0 Å². The van der Waals surface area contributed by atoms with Gasteiger partial charge < -0.3 is 19.7 Å². The average molecular weight is 411 g/mol. The van der Waals surface area contributed by atoms with Crippen LogP contribution in [0, 0.1) is 0 Å².